The van der Waals surface area contributed by atoms with Crippen LogP contribution in [0.4, 0.5) is 5.69 Å². The van der Waals surface area contributed by atoms with Gasteiger partial charge in [0.25, 0.3) is 0 Å². The molecule has 1 aliphatic rings. The molecule has 0 aromatic heterocycles. The van der Waals surface area contributed by atoms with Crippen LogP contribution in [0.2, 0.25) is 0 Å². The van der Waals surface area contributed by atoms with Crippen LogP contribution in [0.5, 0.6) is 5.75 Å². The van der Waals surface area contributed by atoms with E-state index in [1.807, 2.05) is 12.1 Å². The lowest BCUT2D eigenvalue weighted by atomic mass is 9.94. The van der Waals surface area contributed by atoms with E-state index in [1.165, 1.54) is 5.56 Å². The molecule has 2 aromatic carbocycles. The maximum atomic E-state index is 11.9. The molecule has 5 nitrogen and oxygen atoms in total. The van der Waals surface area contributed by atoms with Crippen LogP contribution < -0.4 is 10.1 Å². The highest BCUT2D eigenvalue weighted by Gasteiger charge is 2.25. The molecule has 2 aromatic rings. The monoisotopic (exact) mass is 352 g/mol. The van der Waals surface area contributed by atoms with Crippen molar-refractivity contribution in [1.82, 2.24) is 0 Å². The molecule has 1 heterocycles. The van der Waals surface area contributed by atoms with Crippen molar-refractivity contribution >= 4 is 11.6 Å². The third-order valence-corrected chi connectivity index (χ3v) is 4.59. The van der Waals surface area contributed by atoms with Crippen LogP contribution in [0.25, 0.3) is 11.1 Å². The SMILES string of the molecule is CC(C)c1ccc(-c2cc(NC(=O)CCO)c(C#N)c3c2OCC3)cc1.[HH]. The zero-order chi connectivity index (χ0) is 18.7. The number of benzene rings is 2. The van der Waals surface area contributed by atoms with Crippen LogP contribution >= 0.6 is 0 Å². The number of rotatable bonds is 5. The molecule has 136 valence electrons. The van der Waals surface area contributed by atoms with E-state index in [9.17, 15) is 10.1 Å². The average molecular weight is 352 g/mol. The normalized spacial score (nSPS) is 12.4. The number of nitrogens with zero attached hydrogens (tertiary/aromatic N) is 1. The van der Waals surface area contributed by atoms with E-state index in [2.05, 4.69) is 37.4 Å². The fourth-order valence-corrected chi connectivity index (χ4v) is 3.18. The van der Waals surface area contributed by atoms with Crippen LogP contribution in [0.3, 0.4) is 0 Å². The van der Waals surface area contributed by atoms with E-state index >= 15 is 0 Å². The van der Waals surface area contributed by atoms with E-state index in [4.69, 9.17) is 9.84 Å². The summed E-state index contributed by atoms with van der Waals surface area (Å²) in [6.07, 6.45) is 0.635. The van der Waals surface area contributed by atoms with Crippen molar-refractivity contribution < 1.29 is 16.1 Å². The summed E-state index contributed by atoms with van der Waals surface area (Å²) in [7, 11) is 0. The number of aliphatic hydroxyl groups excluding tert-OH is 1. The molecule has 0 unspecified atom stereocenters. The molecular formula is C21H24N2O3. The second kappa shape index (κ2) is 7.59. The Morgan fingerprint density at radius 2 is 2.12 bits per heavy atom. The molecule has 3 rings (SSSR count). The van der Waals surface area contributed by atoms with Crippen LogP contribution in [-0.2, 0) is 11.2 Å². The second-order valence-electron chi connectivity index (χ2n) is 6.66. The van der Waals surface area contributed by atoms with Crippen LogP contribution in [0.15, 0.2) is 30.3 Å². The summed E-state index contributed by atoms with van der Waals surface area (Å²) in [5.41, 5.74) is 4.83. The van der Waals surface area contributed by atoms with E-state index in [0.717, 1.165) is 22.4 Å². The first-order valence-electron chi connectivity index (χ1n) is 8.79. The molecule has 0 saturated carbocycles. The Hall–Kier alpha value is -2.84. The van der Waals surface area contributed by atoms with Crippen molar-refractivity contribution in [2.75, 3.05) is 18.5 Å². The molecule has 0 aliphatic carbocycles. The third-order valence-electron chi connectivity index (χ3n) is 4.59. The van der Waals surface area contributed by atoms with Crippen LogP contribution in [0, 0.1) is 11.3 Å². The van der Waals surface area contributed by atoms with Gasteiger partial charge in [0.2, 0.25) is 5.91 Å². The second-order valence-corrected chi connectivity index (χ2v) is 6.66. The first kappa shape index (κ1) is 18.0. The van der Waals surface area contributed by atoms with E-state index in [-0.39, 0.29) is 20.4 Å². The van der Waals surface area contributed by atoms with Gasteiger partial charge in [0.15, 0.2) is 0 Å². The molecule has 0 bridgehead atoms. The number of nitriles is 1. The number of fused-ring (bicyclic) bond motifs is 1. The lowest BCUT2D eigenvalue weighted by molar-refractivity contribution is -0.116. The van der Waals surface area contributed by atoms with Gasteiger partial charge >= 0.3 is 0 Å². The minimum absolute atomic E-state index is 0. The molecular weight excluding hydrogens is 328 g/mol. The Labute approximate surface area is 154 Å². The Kier molecular flexibility index (Phi) is 5.24. The fourth-order valence-electron chi connectivity index (χ4n) is 3.18. The van der Waals surface area contributed by atoms with E-state index < -0.39 is 0 Å². The summed E-state index contributed by atoms with van der Waals surface area (Å²) in [6.45, 7) is 4.58. The zero-order valence-electron chi connectivity index (χ0n) is 15.0. The highest BCUT2D eigenvalue weighted by molar-refractivity contribution is 5.94. The van der Waals surface area contributed by atoms with Gasteiger partial charge in [-0.25, -0.2) is 0 Å². The predicted octanol–water partition coefficient (Wildman–Crippen LogP) is 3.85. The number of amides is 1. The number of hydrogen-bond acceptors (Lipinski definition) is 4. The molecule has 1 aliphatic heterocycles. The largest absolute Gasteiger partial charge is 0.492 e. The number of carbonyl (C=O) groups excluding carboxylic acids is 1. The smallest absolute Gasteiger partial charge is 0.226 e. The third kappa shape index (κ3) is 3.42. The van der Waals surface area contributed by atoms with Gasteiger partial charge in [0, 0.05) is 19.0 Å². The number of ether oxygens (including phenoxy) is 1. The summed E-state index contributed by atoms with van der Waals surface area (Å²) in [5.74, 6) is 0.850. The fraction of sp³-hybridized carbons (Fsp3) is 0.333. The summed E-state index contributed by atoms with van der Waals surface area (Å²) in [4.78, 5) is 11.9. The van der Waals surface area contributed by atoms with E-state index in [0.29, 0.717) is 30.2 Å². The number of hydrogen-bond donors (Lipinski definition) is 2. The van der Waals surface area contributed by atoms with Crippen molar-refractivity contribution in [2.45, 2.75) is 32.6 Å². The molecule has 26 heavy (non-hydrogen) atoms. The summed E-state index contributed by atoms with van der Waals surface area (Å²) in [6, 6.07) is 12.2. The van der Waals surface area contributed by atoms with Crippen molar-refractivity contribution in [1.29, 1.82) is 5.26 Å². The number of anilines is 1. The van der Waals surface area contributed by atoms with Gasteiger partial charge in [-0.2, -0.15) is 5.26 Å². The van der Waals surface area contributed by atoms with Crippen LogP contribution in [-0.4, -0.2) is 24.2 Å². The van der Waals surface area contributed by atoms with E-state index in [1.54, 1.807) is 6.07 Å². The maximum absolute atomic E-state index is 11.9. The van der Waals surface area contributed by atoms with Gasteiger partial charge in [-0.1, -0.05) is 38.1 Å². The summed E-state index contributed by atoms with van der Waals surface area (Å²) >= 11 is 0. The van der Waals surface area contributed by atoms with Gasteiger partial charge in [-0.3, -0.25) is 4.79 Å². The summed E-state index contributed by atoms with van der Waals surface area (Å²) in [5, 5.41) is 21.3. The summed E-state index contributed by atoms with van der Waals surface area (Å²) < 4.78 is 5.81. The van der Waals surface area contributed by atoms with Gasteiger partial charge in [-0.05, 0) is 23.1 Å². The lowest BCUT2D eigenvalue weighted by Crippen LogP contribution is -2.14. The van der Waals surface area contributed by atoms with Crippen molar-refractivity contribution in [3.05, 3.63) is 47.0 Å². The molecule has 0 fully saturated rings. The first-order chi connectivity index (χ1) is 12.5. The van der Waals surface area contributed by atoms with Crippen LogP contribution in [0.1, 0.15) is 44.3 Å². The number of carbonyl (C=O) groups is 1. The topological polar surface area (TPSA) is 82.4 Å². The minimum Gasteiger partial charge on any atom is -0.492 e. The molecule has 1 amide bonds. The maximum Gasteiger partial charge on any atom is 0.226 e. The Balaban J connectivity index is 0.00000261. The van der Waals surface area contributed by atoms with Gasteiger partial charge in [0.1, 0.15) is 11.8 Å². The predicted molar refractivity (Wildman–Crippen MR) is 102 cm³/mol. The molecule has 5 heteroatoms. The van der Waals surface area contributed by atoms with Gasteiger partial charge in [-0.15, -0.1) is 0 Å². The van der Waals surface area contributed by atoms with Crippen molar-refractivity contribution in [3.63, 3.8) is 0 Å². The van der Waals surface area contributed by atoms with Crippen molar-refractivity contribution in [3.8, 4) is 22.9 Å². The molecule has 0 radical (unpaired) electrons. The molecule has 2 N–H and O–H groups in total. The highest BCUT2D eigenvalue weighted by Crippen LogP contribution is 2.42. The first-order valence-corrected chi connectivity index (χ1v) is 8.79. The van der Waals surface area contributed by atoms with Gasteiger partial charge in [0.05, 0.1) is 30.9 Å². The minimum atomic E-state index is -0.316. The standard InChI is InChI=1S/C21H22N2O3.H2/c1-13(2)14-3-5-15(6-4-14)17-11-19(23-20(25)7-9-24)18(12-22)16-8-10-26-21(16)17;/h3-6,11,13,24H,7-10H2,1-2H3,(H,23,25);1H. The molecule has 0 saturated heterocycles. The highest BCUT2D eigenvalue weighted by atomic mass is 16.5. The molecule has 0 spiro atoms. The molecule has 0 atom stereocenters. The average Bonchev–Trinajstić information content (AvgIpc) is 3.11. The Bertz CT molecular complexity index is 870. The van der Waals surface area contributed by atoms with Crippen molar-refractivity contribution in [2.24, 2.45) is 0 Å². The Morgan fingerprint density at radius 1 is 1.38 bits per heavy atom. The number of aliphatic hydroxyl groups is 1. The quantitative estimate of drug-likeness (QED) is 0.856. The zero-order valence-corrected chi connectivity index (χ0v) is 15.0. The Morgan fingerprint density at radius 3 is 2.73 bits per heavy atom. The number of nitrogens with one attached hydrogen (secondary N) is 1. The lowest BCUT2D eigenvalue weighted by Gasteiger charge is -2.15. The van der Waals surface area contributed by atoms with Gasteiger partial charge < -0.3 is 15.2 Å².